The van der Waals surface area contributed by atoms with E-state index >= 15 is 0 Å². The predicted molar refractivity (Wildman–Crippen MR) is 107 cm³/mol. The molecule has 1 aromatic carbocycles. The SMILES string of the molecule is Cc1ccc2nc(Nc3ncnc(N4CCCCCC4)c3[N+](=O)[O-])sc2c1. The maximum atomic E-state index is 11.8. The molecule has 3 aromatic rings. The average molecular weight is 384 g/mol. The van der Waals surface area contributed by atoms with E-state index in [1.165, 1.54) is 17.7 Å². The van der Waals surface area contributed by atoms with Gasteiger partial charge in [-0.2, -0.15) is 0 Å². The number of aromatic nitrogens is 3. The first-order valence-electron chi connectivity index (χ1n) is 9.00. The number of nitro groups is 1. The highest BCUT2D eigenvalue weighted by atomic mass is 32.1. The molecule has 3 heterocycles. The number of rotatable bonds is 4. The van der Waals surface area contributed by atoms with Crippen molar-refractivity contribution in [1.82, 2.24) is 15.0 Å². The van der Waals surface area contributed by atoms with Gasteiger partial charge in [-0.3, -0.25) is 10.1 Å². The van der Waals surface area contributed by atoms with Crippen LogP contribution in [-0.2, 0) is 0 Å². The van der Waals surface area contributed by atoms with Crippen molar-refractivity contribution >= 4 is 44.0 Å². The summed E-state index contributed by atoms with van der Waals surface area (Å²) in [6.45, 7) is 3.57. The largest absolute Gasteiger partial charge is 0.353 e. The van der Waals surface area contributed by atoms with Crippen LogP contribution in [0, 0.1) is 17.0 Å². The van der Waals surface area contributed by atoms with Crippen LogP contribution in [0.1, 0.15) is 31.2 Å². The number of nitrogens with one attached hydrogen (secondary N) is 1. The van der Waals surface area contributed by atoms with Crippen molar-refractivity contribution in [3.05, 3.63) is 40.2 Å². The van der Waals surface area contributed by atoms with Crippen LogP contribution in [0.4, 0.5) is 22.5 Å². The van der Waals surface area contributed by atoms with Crippen LogP contribution in [0.25, 0.3) is 10.2 Å². The molecule has 0 bridgehead atoms. The first-order chi connectivity index (χ1) is 13.1. The monoisotopic (exact) mass is 384 g/mol. The van der Waals surface area contributed by atoms with Gasteiger partial charge in [0.15, 0.2) is 5.13 Å². The molecule has 1 fully saturated rings. The molecule has 4 rings (SSSR count). The molecule has 0 saturated carbocycles. The molecule has 1 aliphatic rings. The fraction of sp³-hybridized carbons (Fsp3) is 0.389. The van der Waals surface area contributed by atoms with E-state index in [-0.39, 0.29) is 11.5 Å². The van der Waals surface area contributed by atoms with E-state index in [1.807, 2.05) is 24.0 Å². The molecule has 8 nitrogen and oxygen atoms in total. The van der Waals surface area contributed by atoms with Gasteiger partial charge in [0.1, 0.15) is 6.33 Å². The van der Waals surface area contributed by atoms with Crippen molar-refractivity contribution in [3.8, 4) is 0 Å². The second-order valence-electron chi connectivity index (χ2n) is 6.67. The van der Waals surface area contributed by atoms with E-state index in [0.29, 0.717) is 10.9 Å². The van der Waals surface area contributed by atoms with Crippen molar-refractivity contribution in [2.24, 2.45) is 0 Å². The summed E-state index contributed by atoms with van der Waals surface area (Å²) in [5, 5.41) is 15.4. The molecule has 2 aromatic heterocycles. The molecule has 0 spiro atoms. The molecule has 27 heavy (non-hydrogen) atoms. The Kier molecular flexibility index (Phi) is 4.85. The number of benzene rings is 1. The summed E-state index contributed by atoms with van der Waals surface area (Å²) in [5.74, 6) is 0.571. The highest BCUT2D eigenvalue weighted by Crippen LogP contribution is 2.36. The number of hydrogen-bond acceptors (Lipinski definition) is 8. The standard InChI is InChI=1S/C18H20N6O2S/c1-12-6-7-13-14(10-12)27-18(21-13)22-16-15(24(25)26)17(20-11-19-16)23-8-4-2-3-5-9-23/h6-7,10-11H,2-5,8-9H2,1H3,(H,19,20,21,22). The van der Waals surface area contributed by atoms with Gasteiger partial charge in [-0.1, -0.05) is 30.2 Å². The van der Waals surface area contributed by atoms with Crippen LogP contribution in [0.2, 0.25) is 0 Å². The van der Waals surface area contributed by atoms with Crippen molar-refractivity contribution in [2.75, 3.05) is 23.3 Å². The van der Waals surface area contributed by atoms with E-state index in [9.17, 15) is 10.1 Å². The van der Waals surface area contributed by atoms with E-state index in [0.717, 1.165) is 54.6 Å². The minimum Gasteiger partial charge on any atom is -0.351 e. The minimum atomic E-state index is -0.403. The Hall–Kier alpha value is -2.81. The molecule has 9 heteroatoms. The third kappa shape index (κ3) is 3.68. The van der Waals surface area contributed by atoms with Gasteiger partial charge in [0.25, 0.3) is 0 Å². The number of fused-ring (bicyclic) bond motifs is 1. The molecule has 1 saturated heterocycles. The Bertz CT molecular complexity index is 981. The zero-order valence-electron chi connectivity index (χ0n) is 15.0. The van der Waals surface area contributed by atoms with Gasteiger partial charge in [-0.05, 0) is 37.5 Å². The van der Waals surface area contributed by atoms with Gasteiger partial charge >= 0.3 is 5.69 Å². The second kappa shape index (κ2) is 7.43. The molecule has 0 unspecified atom stereocenters. The molecule has 0 aliphatic carbocycles. The lowest BCUT2D eigenvalue weighted by atomic mass is 10.2. The van der Waals surface area contributed by atoms with Gasteiger partial charge in [0.05, 0.1) is 15.1 Å². The van der Waals surface area contributed by atoms with Crippen LogP contribution in [0.3, 0.4) is 0 Å². The third-order valence-corrected chi connectivity index (χ3v) is 5.59. The Balaban J connectivity index is 1.70. The Morgan fingerprint density at radius 3 is 2.70 bits per heavy atom. The van der Waals surface area contributed by atoms with Gasteiger partial charge < -0.3 is 10.2 Å². The molecular weight excluding hydrogens is 364 g/mol. The fourth-order valence-corrected chi connectivity index (χ4v) is 4.29. The summed E-state index contributed by atoms with van der Waals surface area (Å²) in [7, 11) is 0. The van der Waals surface area contributed by atoms with Gasteiger partial charge in [-0.15, -0.1) is 0 Å². The maximum absolute atomic E-state index is 11.8. The zero-order valence-corrected chi connectivity index (χ0v) is 15.8. The highest BCUT2D eigenvalue weighted by molar-refractivity contribution is 7.22. The molecule has 1 N–H and O–H groups in total. The summed E-state index contributed by atoms with van der Waals surface area (Å²) in [6, 6.07) is 6.00. The predicted octanol–water partition coefficient (Wildman–Crippen LogP) is 4.43. The van der Waals surface area contributed by atoms with Gasteiger partial charge in [-0.25, -0.2) is 15.0 Å². The molecule has 140 valence electrons. The number of aryl methyl sites for hydroxylation is 1. The molecule has 0 radical (unpaired) electrons. The van der Waals surface area contributed by atoms with Crippen LogP contribution in [0.5, 0.6) is 0 Å². The smallest absolute Gasteiger partial charge is 0.351 e. The van der Waals surface area contributed by atoms with E-state index in [4.69, 9.17) is 0 Å². The van der Waals surface area contributed by atoms with Crippen LogP contribution < -0.4 is 10.2 Å². The first-order valence-corrected chi connectivity index (χ1v) is 9.82. The lowest BCUT2D eigenvalue weighted by molar-refractivity contribution is -0.383. The van der Waals surface area contributed by atoms with E-state index in [1.54, 1.807) is 0 Å². The van der Waals surface area contributed by atoms with Crippen LogP contribution >= 0.6 is 11.3 Å². The lowest BCUT2D eigenvalue weighted by Crippen LogP contribution is -2.26. The van der Waals surface area contributed by atoms with Crippen molar-refractivity contribution < 1.29 is 4.92 Å². The number of anilines is 3. The molecule has 0 atom stereocenters. The molecule has 1 aliphatic heterocycles. The quantitative estimate of drug-likeness (QED) is 0.525. The Labute approximate surface area is 160 Å². The van der Waals surface area contributed by atoms with Crippen molar-refractivity contribution in [2.45, 2.75) is 32.6 Å². The third-order valence-electron chi connectivity index (χ3n) is 4.66. The second-order valence-corrected chi connectivity index (χ2v) is 7.70. The number of thiazole rings is 1. The summed E-state index contributed by atoms with van der Waals surface area (Å²) < 4.78 is 1.03. The Morgan fingerprint density at radius 1 is 1.19 bits per heavy atom. The molecule has 0 amide bonds. The van der Waals surface area contributed by atoms with Gasteiger partial charge in [0, 0.05) is 13.1 Å². The fourth-order valence-electron chi connectivity index (χ4n) is 3.33. The summed E-state index contributed by atoms with van der Waals surface area (Å²) in [4.78, 5) is 26.3. The summed E-state index contributed by atoms with van der Waals surface area (Å²) in [6.07, 6.45) is 5.70. The molecular formula is C18H20N6O2S. The van der Waals surface area contributed by atoms with Crippen molar-refractivity contribution in [3.63, 3.8) is 0 Å². The number of nitrogens with zero attached hydrogens (tertiary/aromatic N) is 5. The van der Waals surface area contributed by atoms with E-state index in [2.05, 4.69) is 26.3 Å². The van der Waals surface area contributed by atoms with Crippen LogP contribution in [0.15, 0.2) is 24.5 Å². The maximum Gasteiger partial charge on any atom is 0.353 e. The Morgan fingerprint density at radius 2 is 1.96 bits per heavy atom. The first kappa shape index (κ1) is 17.6. The minimum absolute atomic E-state index is 0.0881. The average Bonchev–Trinajstić information content (AvgIpc) is 2.85. The topological polar surface area (TPSA) is 97.1 Å². The number of hydrogen-bond donors (Lipinski definition) is 1. The summed E-state index contributed by atoms with van der Waals surface area (Å²) in [5.41, 5.74) is 1.92. The zero-order chi connectivity index (χ0) is 18.8. The highest BCUT2D eigenvalue weighted by Gasteiger charge is 2.28. The van der Waals surface area contributed by atoms with Crippen molar-refractivity contribution in [1.29, 1.82) is 0 Å². The normalized spacial score (nSPS) is 14.9. The van der Waals surface area contributed by atoms with E-state index < -0.39 is 4.92 Å². The summed E-state index contributed by atoms with van der Waals surface area (Å²) >= 11 is 1.45. The van der Waals surface area contributed by atoms with Crippen LogP contribution in [-0.4, -0.2) is 33.0 Å². The lowest BCUT2D eigenvalue weighted by Gasteiger charge is -2.21. The van der Waals surface area contributed by atoms with Gasteiger partial charge in [0.2, 0.25) is 11.6 Å².